The lowest BCUT2D eigenvalue weighted by Gasteiger charge is -2.11. The Morgan fingerprint density at radius 1 is 0.943 bits per heavy atom. The molecule has 1 aliphatic heterocycles. The number of carbonyl (C=O) groups excluding carboxylic acids is 1. The van der Waals surface area contributed by atoms with Crippen molar-refractivity contribution in [2.75, 3.05) is 5.32 Å². The number of carbonyl (C=O) groups is 1. The van der Waals surface area contributed by atoms with Crippen LogP contribution in [0.15, 0.2) is 85.1 Å². The lowest BCUT2D eigenvalue weighted by molar-refractivity contribution is 0.0993. The Balaban J connectivity index is 1.36. The molecule has 5 aromatic rings. The van der Waals surface area contributed by atoms with E-state index in [0.29, 0.717) is 17.0 Å². The van der Waals surface area contributed by atoms with Crippen molar-refractivity contribution in [2.24, 2.45) is 0 Å². The van der Waals surface area contributed by atoms with Crippen molar-refractivity contribution in [3.8, 4) is 28.5 Å². The fourth-order valence-electron chi connectivity index (χ4n) is 4.34. The van der Waals surface area contributed by atoms with Gasteiger partial charge < -0.3 is 5.32 Å². The monoisotopic (exact) mass is 461 g/mol. The fraction of sp³-hybridized carbons (Fsp3) is 0.0714. The second-order valence-electron chi connectivity index (χ2n) is 8.49. The molecule has 0 unspecified atom stereocenters. The minimum atomic E-state index is -0.312. The van der Waals surface area contributed by atoms with Crippen molar-refractivity contribution in [1.82, 2.24) is 19.7 Å². The Kier molecular flexibility index (Phi) is 4.95. The molecule has 1 N–H and O–H groups in total. The molecule has 0 fully saturated rings. The van der Waals surface area contributed by atoms with Crippen molar-refractivity contribution >= 4 is 17.3 Å². The van der Waals surface area contributed by atoms with Crippen LogP contribution in [0.25, 0.3) is 28.5 Å². The number of aromatic nitrogens is 4. The number of hydrogen-bond acceptors (Lipinski definition) is 5. The molecule has 0 amide bonds. The number of halogens is 1. The van der Waals surface area contributed by atoms with E-state index >= 15 is 0 Å². The standard InChI is InChI=1S/C28H20FN5O/c1-17-15-20(12-13-22(17)29)25(35)16-18-8-10-19(11-9-18)27-32-33-28-21-5-2-3-6-23(21)31-26-24(34(27)28)7-4-14-30-26/h2-15H,16H2,1H3,(H,30,31). The van der Waals surface area contributed by atoms with E-state index in [1.54, 1.807) is 19.2 Å². The number of fused-ring (bicyclic) bond motifs is 5. The first kappa shape index (κ1) is 20.9. The van der Waals surface area contributed by atoms with E-state index in [1.807, 2.05) is 65.2 Å². The summed E-state index contributed by atoms with van der Waals surface area (Å²) in [5, 5.41) is 12.4. The van der Waals surface area contributed by atoms with Crippen molar-refractivity contribution in [3.05, 3.63) is 108 Å². The van der Waals surface area contributed by atoms with Crippen LogP contribution in [0.3, 0.4) is 0 Å². The number of Topliss-reactive ketones (excluding diaryl/α,β-unsaturated/α-hetero) is 1. The van der Waals surface area contributed by atoms with Crippen LogP contribution < -0.4 is 5.32 Å². The Morgan fingerprint density at radius 2 is 1.74 bits per heavy atom. The Hall–Kier alpha value is -4.65. The summed E-state index contributed by atoms with van der Waals surface area (Å²) in [6.07, 6.45) is 1.98. The lowest BCUT2D eigenvalue weighted by Crippen LogP contribution is -2.05. The molecule has 3 heterocycles. The molecule has 170 valence electrons. The number of aryl methyl sites for hydroxylation is 1. The smallest absolute Gasteiger partial charge is 0.171 e. The third-order valence-corrected chi connectivity index (χ3v) is 6.17. The van der Waals surface area contributed by atoms with Crippen molar-refractivity contribution in [2.45, 2.75) is 13.3 Å². The van der Waals surface area contributed by atoms with Crippen LogP contribution in [-0.4, -0.2) is 25.5 Å². The van der Waals surface area contributed by atoms with Crippen LogP contribution in [0.1, 0.15) is 21.5 Å². The van der Waals surface area contributed by atoms with Gasteiger partial charge in [0, 0.05) is 29.3 Å². The number of nitrogens with one attached hydrogen (secondary N) is 1. The van der Waals surface area contributed by atoms with E-state index in [-0.39, 0.29) is 18.0 Å². The van der Waals surface area contributed by atoms with Gasteiger partial charge in [-0.2, -0.15) is 0 Å². The summed E-state index contributed by atoms with van der Waals surface area (Å²) in [5.41, 5.74) is 5.40. The number of rotatable bonds is 4. The van der Waals surface area contributed by atoms with Gasteiger partial charge >= 0.3 is 0 Å². The third kappa shape index (κ3) is 3.67. The summed E-state index contributed by atoms with van der Waals surface area (Å²) >= 11 is 0. The predicted octanol–water partition coefficient (Wildman–Crippen LogP) is 5.93. The van der Waals surface area contributed by atoms with Gasteiger partial charge in [-0.05, 0) is 60.5 Å². The predicted molar refractivity (Wildman–Crippen MR) is 132 cm³/mol. The molecule has 3 aromatic carbocycles. The van der Waals surface area contributed by atoms with Gasteiger partial charge in [0.25, 0.3) is 0 Å². The molecular formula is C28H20FN5O. The minimum absolute atomic E-state index is 0.0557. The normalized spacial score (nSPS) is 11.6. The molecule has 0 radical (unpaired) electrons. The average molecular weight is 462 g/mol. The molecular weight excluding hydrogens is 441 g/mol. The largest absolute Gasteiger partial charge is 0.338 e. The van der Waals surface area contributed by atoms with Gasteiger partial charge in [-0.15, -0.1) is 10.2 Å². The molecule has 0 spiro atoms. The highest BCUT2D eigenvalue weighted by Crippen LogP contribution is 2.38. The molecule has 6 nitrogen and oxygen atoms in total. The third-order valence-electron chi connectivity index (χ3n) is 6.17. The molecule has 0 atom stereocenters. The number of anilines is 2. The minimum Gasteiger partial charge on any atom is -0.338 e. The molecule has 0 bridgehead atoms. The maximum absolute atomic E-state index is 13.6. The van der Waals surface area contributed by atoms with Gasteiger partial charge in [0.05, 0.1) is 11.4 Å². The van der Waals surface area contributed by atoms with E-state index < -0.39 is 0 Å². The van der Waals surface area contributed by atoms with Crippen LogP contribution in [0.2, 0.25) is 0 Å². The summed E-state index contributed by atoms with van der Waals surface area (Å²) in [7, 11) is 0. The quantitative estimate of drug-likeness (QED) is 0.330. The van der Waals surface area contributed by atoms with Crippen LogP contribution in [-0.2, 0) is 6.42 Å². The first-order chi connectivity index (χ1) is 17.1. The molecule has 6 rings (SSSR count). The second-order valence-corrected chi connectivity index (χ2v) is 8.49. The summed E-state index contributed by atoms with van der Waals surface area (Å²) in [4.78, 5) is 17.2. The number of nitrogens with zero attached hydrogens (tertiary/aromatic N) is 4. The summed E-state index contributed by atoms with van der Waals surface area (Å²) in [6, 6.07) is 24.0. The lowest BCUT2D eigenvalue weighted by atomic mass is 10.0. The molecule has 0 saturated heterocycles. The van der Waals surface area contributed by atoms with Gasteiger partial charge in [-0.25, -0.2) is 9.37 Å². The first-order valence-electron chi connectivity index (χ1n) is 11.2. The zero-order valence-electron chi connectivity index (χ0n) is 18.9. The van der Waals surface area contributed by atoms with Crippen molar-refractivity contribution < 1.29 is 9.18 Å². The number of para-hydroxylation sites is 1. The molecule has 35 heavy (non-hydrogen) atoms. The number of benzene rings is 3. The Bertz CT molecular complexity index is 1590. The SMILES string of the molecule is Cc1cc(C(=O)Cc2ccc(-c3nnc4n3-c3cccnc3Nc3ccccc3-4)cc2)ccc1F. The van der Waals surface area contributed by atoms with Crippen LogP contribution in [0.4, 0.5) is 15.9 Å². The summed E-state index contributed by atoms with van der Waals surface area (Å²) < 4.78 is 15.6. The summed E-state index contributed by atoms with van der Waals surface area (Å²) in [5.74, 6) is 1.75. The van der Waals surface area contributed by atoms with E-state index in [0.717, 1.165) is 39.7 Å². The van der Waals surface area contributed by atoms with E-state index in [4.69, 9.17) is 0 Å². The second kappa shape index (κ2) is 8.29. The van der Waals surface area contributed by atoms with Gasteiger partial charge in [0.2, 0.25) is 0 Å². The first-order valence-corrected chi connectivity index (χ1v) is 11.2. The van der Waals surface area contributed by atoms with Crippen molar-refractivity contribution in [3.63, 3.8) is 0 Å². The van der Waals surface area contributed by atoms with Gasteiger partial charge in [-0.3, -0.25) is 9.36 Å². The number of pyridine rings is 1. The topological polar surface area (TPSA) is 72.7 Å². The molecule has 0 saturated carbocycles. The Morgan fingerprint density at radius 3 is 2.57 bits per heavy atom. The average Bonchev–Trinajstić information content (AvgIpc) is 3.26. The van der Waals surface area contributed by atoms with Crippen LogP contribution in [0.5, 0.6) is 0 Å². The zero-order valence-corrected chi connectivity index (χ0v) is 18.9. The highest BCUT2D eigenvalue weighted by atomic mass is 19.1. The highest BCUT2D eigenvalue weighted by Gasteiger charge is 2.24. The number of ketones is 1. The molecule has 0 aliphatic carbocycles. The maximum atomic E-state index is 13.6. The van der Waals surface area contributed by atoms with Crippen LogP contribution in [0, 0.1) is 12.7 Å². The summed E-state index contributed by atoms with van der Waals surface area (Å²) in [6.45, 7) is 1.66. The van der Waals surface area contributed by atoms with Crippen molar-refractivity contribution in [1.29, 1.82) is 0 Å². The molecule has 1 aliphatic rings. The van der Waals surface area contributed by atoms with E-state index in [2.05, 4.69) is 20.5 Å². The molecule has 2 aromatic heterocycles. The molecule has 7 heteroatoms. The number of hydrogen-bond donors (Lipinski definition) is 1. The Labute approximate surface area is 201 Å². The van der Waals surface area contributed by atoms with Gasteiger partial charge in [0.1, 0.15) is 5.82 Å². The van der Waals surface area contributed by atoms with Gasteiger partial charge in [-0.1, -0.05) is 36.4 Å². The maximum Gasteiger partial charge on any atom is 0.171 e. The van der Waals surface area contributed by atoms with E-state index in [9.17, 15) is 9.18 Å². The van der Waals surface area contributed by atoms with Gasteiger partial charge in [0.15, 0.2) is 23.2 Å². The van der Waals surface area contributed by atoms with E-state index in [1.165, 1.54) is 12.1 Å². The zero-order chi connectivity index (χ0) is 23.9. The highest BCUT2D eigenvalue weighted by molar-refractivity contribution is 5.97. The van der Waals surface area contributed by atoms with Crippen LogP contribution >= 0.6 is 0 Å². The fourth-order valence-corrected chi connectivity index (χ4v) is 4.34.